The number of nitrogens with one attached hydrogen (secondary N) is 2. The van der Waals surface area contributed by atoms with Crippen LogP contribution >= 0.6 is 23.5 Å². The van der Waals surface area contributed by atoms with E-state index in [0.29, 0.717) is 24.1 Å². The van der Waals surface area contributed by atoms with E-state index in [4.69, 9.17) is 5.11 Å². The van der Waals surface area contributed by atoms with Gasteiger partial charge in [0.2, 0.25) is 0 Å². The number of rotatable bonds is 9. The molecule has 0 bridgehead atoms. The molecule has 2 atom stereocenters. The lowest BCUT2D eigenvalue weighted by atomic mass is 9.97. The summed E-state index contributed by atoms with van der Waals surface area (Å²) in [5.41, 5.74) is 0. The van der Waals surface area contributed by atoms with Crippen molar-refractivity contribution in [3.63, 3.8) is 0 Å². The summed E-state index contributed by atoms with van der Waals surface area (Å²) >= 11 is 3.87. The molecule has 122 valence electrons. The smallest absolute Gasteiger partial charge is 0.314 e. The minimum Gasteiger partial charge on any atom is -0.481 e. The largest absolute Gasteiger partial charge is 0.481 e. The van der Waals surface area contributed by atoms with Gasteiger partial charge >= 0.3 is 12.0 Å². The molecule has 0 saturated carbocycles. The molecule has 1 rings (SSSR count). The fraction of sp³-hybridized carbons (Fsp3) is 0.857. The Morgan fingerprint density at radius 1 is 1.29 bits per heavy atom. The van der Waals surface area contributed by atoms with Crippen LogP contribution < -0.4 is 10.6 Å². The van der Waals surface area contributed by atoms with Crippen LogP contribution in [0.5, 0.6) is 0 Å². The van der Waals surface area contributed by atoms with Crippen LogP contribution in [0.15, 0.2) is 0 Å². The Morgan fingerprint density at radius 2 is 2.10 bits per heavy atom. The van der Waals surface area contributed by atoms with E-state index in [1.807, 2.05) is 23.5 Å². The van der Waals surface area contributed by atoms with Gasteiger partial charge < -0.3 is 15.7 Å². The van der Waals surface area contributed by atoms with Crippen molar-refractivity contribution < 1.29 is 14.7 Å². The summed E-state index contributed by atoms with van der Waals surface area (Å²) in [5, 5.41) is 15.0. The zero-order chi connectivity index (χ0) is 15.5. The Balaban J connectivity index is 2.06. The van der Waals surface area contributed by atoms with Crippen molar-refractivity contribution in [2.45, 2.75) is 37.9 Å². The molecule has 2 unspecified atom stereocenters. The average Bonchev–Trinajstić information content (AvgIpc) is 2.49. The first-order chi connectivity index (χ1) is 10.1. The van der Waals surface area contributed by atoms with Crippen LogP contribution in [0.1, 0.15) is 32.6 Å². The topological polar surface area (TPSA) is 78.4 Å². The van der Waals surface area contributed by atoms with Gasteiger partial charge in [-0.1, -0.05) is 13.3 Å². The van der Waals surface area contributed by atoms with E-state index in [1.165, 1.54) is 11.5 Å². The molecule has 0 aliphatic carbocycles. The Bertz CT molecular complexity index is 323. The van der Waals surface area contributed by atoms with Gasteiger partial charge in [-0.2, -0.15) is 23.5 Å². The van der Waals surface area contributed by atoms with E-state index < -0.39 is 5.97 Å². The zero-order valence-corrected chi connectivity index (χ0v) is 14.2. The molecular formula is C14H26N2O3S2. The summed E-state index contributed by atoms with van der Waals surface area (Å²) in [7, 11) is 0. The van der Waals surface area contributed by atoms with Gasteiger partial charge in [-0.25, -0.2) is 4.79 Å². The van der Waals surface area contributed by atoms with E-state index in [1.54, 1.807) is 0 Å². The van der Waals surface area contributed by atoms with Crippen molar-refractivity contribution in [3.8, 4) is 0 Å². The molecule has 3 N–H and O–H groups in total. The Morgan fingerprint density at radius 3 is 2.71 bits per heavy atom. The number of aliphatic carboxylic acids is 1. The van der Waals surface area contributed by atoms with Gasteiger partial charge in [0.15, 0.2) is 0 Å². The summed E-state index contributed by atoms with van der Waals surface area (Å²) in [5.74, 6) is 3.11. The minimum atomic E-state index is -0.748. The van der Waals surface area contributed by atoms with Gasteiger partial charge in [-0.05, 0) is 18.8 Å². The number of amides is 2. The maximum absolute atomic E-state index is 11.7. The van der Waals surface area contributed by atoms with Crippen molar-refractivity contribution in [2.24, 2.45) is 5.92 Å². The average molecular weight is 335 g/mol. The third-order valence-electron chi connectivity index (χ3n) is 3.56. The number of hydrogen-bond donors (Lipinski definition) is 3. The predicted molar refractivity (Wildman–Crippen MR) is 90.2 cm³/mol. The van der Waals surface area contributed by atoms with E-state index in [-0.39, 0.29) is 12.5 Å². The van der Waals surface area contributed by atoms with Gasteiger partial charge in [0.05, 0.1) is 0 Å². The number of hydrogen-bond acceptors (Lipinski definition) is 4. The Hall–Kier alpha value is -0.560. The first-order valence-electron chi connectivity index (χ1n) is 7.54. The van der Waals surface area contributed by atoms with Crippen LogP contribution in [-0.4, -0.2) is 52.7 Å². The molecule has 5 nitrogen and oxygen atoms in total. The highest BCUT2D eigenvalue weighted by Crippen LogP contribution is 2.23. The third-order valence-corrected chi connectivity index (χ3v) is 6.40. The van der Waals surface area contributed by atoms with Crippen molar-refractivity contribution >= 4 is 35.5 Å². The molecule has 7 heteroatoms. The van der Waals surface area contributed by atoms with Crippen LogP contribution in [0.2, 0.25) is 0 Å². The summed E-state index contributed by atoms with van der Waals surface area (Å²) < 4.78 is 0. The second kappa shape index (κ2) is 11.1. The van der Waals surface area contributed by atoms with Crippen LogP contribution in [0, 0.1) is 5.92 Å². The summed E-state index contributed by atoms with van der Waals surface area (Å²) in [6.07, 6.45) is 2.68. The molecule has 0 aromatic rings. The quantitative estimate of drug-likeness (QED) is 0.603. The summed E-state index contributed by atoms with van der Waals surface area (Å²) in [6, 6.07) is -0.112. The number of urea groups is 1. The highest BCUT2D eigenvalue weighted by Gasteiger charge is 2.15. The standard InChI is InChI=1S/C14H26N2O3S2/c1-2-11(3-4-13(17)18)5-6-15-14(19)16-9-12-10-20-7-8-21-12/h11-12H,2-10H2,1H3,(H,17,18)(H2,15,16,19). The Kier molecular flexibility index (Phi) is 9.74. The SMILES string of the molecule is CCC(CCNC(=O)NCC1CSCCS1)CCC(=O)O. The first-order valence-corrected chi connectivity index (χ1v) is 9.75. The number of carbonyl (C=O) groups excluding carboxylic acids is 1. The summed E-state index contributed by atoms with van der Waals surface area (Å²) in [4.78, 5) is 22.2. The maximum Gasteiger partial charge on any atom is 0.314 e. The van der Waals surface area contributed by atoms with Crippen LogP contribution in [0.25, 0.3) is 0 Å². The molecule has 21 heavy (non-hydrogen) atoms. The predicted octanol–water partition coefficient (Wildman–Crippen LogP) is 2.42. The molecule has 0 aromatic heterocycles. The second-order valence-corrected chi connectivity index (χ2v) is 7.76. The second-order valence-electron chi connectivity index (χ2n) is 5.20. The highest BCUT2D eigenvalue weighted by atomic mass is 32.2. The first kappa shape index (κ1) is 18.5. The number of carboxylic acid groups (broad SMARTS) is 1. The van der Waals surface area contributed by atoms with E-state index in [9.17, 15) is 9.59 Å². The fourth-order valence-electron chi connectivity index (χ4n) is 2.19. The lowest BCUT2D eigenvalue weighted by molar-refractivity contribution is -0.137. The maximum atomic E-state index is 11.7. The van der Waals surface area contributed by atoms with Crippen LogP contribution in [0.4, 0.5) is 4.79 Å². The molecule has 1 saturated heterocycles. The van der Waals surface area contributed by atoms with Crippen molar-refractivity contribution in [1.82, 2.24) is 10.6 Å². The molecule has 1 aliphatic rings. The molecule has 2 amide bonds. The molecule has 0 spiro atoms. The highest BCUT2D eigenvalue weighted by molar-refractivity contribution is 8.06. The fourth-order valence-corrected chi connectivity index (χ4v) is 4.81. The zero-order valence-electron chi connectivity index (χ0n) is 12.6. The number of carbonyl (C=O) groups is 2. The van der Waals surface area contributed by atoms with Gasteiger partial charge in [0, 0.05) is 42.0 Å². The van der Waals surface area contributed by atoms with E-state index >= 15 is 0 Å². The van der Waals surface area contributed by atoms with Crippen molar-refractivity contribution in [2.75, 3.05) is 30.3 Å². The van der Waals surface area contributed by atoms with Crippen LogP contribution in [0.3, 0.4) is 0 Å². The molecule has 0 aromatic carbocycles. The van der Waals surface area contributed by atoms with Gasteiger partial charge in [0.1, 0.15) is 0 Å². The Labute approximate surface area is 135 Å². The lowest BCUT2D eigenvalue weighted by Crippen LogP contribution is -2.40. The molecule has 1 heterocycles. The molecular weight excluding hydrogens is 308 g/mol. The number of thioether (sulfide) groups is 2. The van der Waals surface area contributed by atoms with E-state index in [2.05, 4.69) is 17.6 Å². The van der Waals surface area contributed by atoms with Crippen molar-refractivity contribution in [1.29, 1.82) is 0 Å². The molecule has 0 radical (unpaired) electrons. The third kappa shape index (κ3) is 9.14. The molecule has 1 fully saturated rings. The minimum absolute atomic E-state index is 0.112. The normalized spacial score (nSPS) is 19.8. The summed E-state index contributed by atoms with van der Waals surface area (Å²) in [6.45, 7) is 3.39. The lowest BCUT2D eigenvalue weighted by Gasteiger charge is -2.21. The molecule has 1 aliphatic heterocycles. The van der Waals surface area contributed by atoms with Gasteiger partial charge in [-0.15, -0.1) is 0 Å². The van der Waals surface area contributed by atoms with Crippen molar-refractivity contribution in [3.05, 3.63) is 0 Å². The van der Waals surface area contributed by atoms with Gasteiger partial charge in [-0.3, -0.25) is 4.79 Å². The van der Waals surface area contributed by atoms with E-state index in [0.717, 1.165) is 25.1 Å². The van der Waals surface area contributed by atoms with Gasteiger partial charge in [0.25, 0.3) is 0 Å². The van der Waals surface area contributed by atoms with Crippen LogP contribution in [-0.2, 0) is 4.79 Å². The number of carboxylic acids is 1. The monoisotopic (exact) mass is 334 g/mol.